The molecule has 6 N–H and O–H groups in total. The zero-order valence-corrected chi connectivity index (χ0v) is 17.3. The number of nitrogens with zero attached hydrogens (tertiary/aromatic N) is 10. The Hall–Kier alpha value is -3.02. The quantitative estimate of drug-likeness (QED) is 0.256. The SMILES string of the molecule is [OH3+].[OH3+].[Zn+2].c1ccc(Cc2nn[n-]n2)nc1.c1ccc(Cc2nn[n-]n2)nc1. The second-order valence-corrected chi connectivity index (χ2v) is 4.59. The van der Waals surface area contributed by atoms with Gasteiger partial charge in [0.1, 0.15) is 0 Å². The van der Waals surface area contributed by atoms with Crippen molar-refractivity contribution in [2.45, 2.75) is 12.8 Å². The molecule has 27 heavy (non-hydrogen) atoms. The van der Waals surface area contributed by atoms with Crippen molar-refractivity contribution in [1.82, 2.24) is 51.2 Å². The second-order valence-electron chi connectivity index (χ2n) is 4.59. The topological polar surface area (TPSA) is 197 Å². The maximum atomic E-state index is 4.12. The molecule has 0 aromatic carbocycles. The van der Waals surface area contributed by atoms with E-state index in [4.69, 9.17) is 0 Å². The molecule has 0 unspecified atom stereocenters. The Kier molecular flexibility index (Phi) is 11.7. The Morgan fingerprint density at radius 1 is 0.667 bits per heavy atom. The van der Waals surface area contributed by atoms with Crippen LogP contribution in [0, 0.1) is 0 Å². The van der Waals surface area contributed by atoms with Gasteiger partial charge in [0.2, 0.25) is 0 Å². The zero-order valence-electron chi connectivity index (χ0n) is 14.4. The summed E-state index contributed by atoms with van der Waals surface area (Å²) in [6, 6.07) is 11.4. The van der Waals surface area contributed by atoms with Crippen molar-refractivity contribution < 1.29 is 30.4 Å². The molecule has 0 saturated carbocycles. The maximum absolute atomic E-state index is 4.12. The Balaban J connectivity index is 0.000000451. The molecule has 4 aromatic heterocycles. The molecule has 0 aliphatic rings. The van der Waals surface area contributed by atoms with Gasteiger partial charge in [0, 0.05) is 48.3 Å². The van der Waals surface area contributed by atoms with E-state index in [0.29, 0.717) is 24.5 Å². The van der Waals surface area contributed by atoms with Gasteiger partial charge in [-0.1, -0.05) is 12.1 Å². The van der Waals surface area contributed by atoms with Gasteiger partial charge in [0.15, 0.2) is 0 Å². The summed E-state index contributed by atoms with van der Waals surface area (Å²) in [6.07, 6.45) is 4.65. The number of pyridine rings is 2. The van der Waals surface area contributed by atoms with E-state index in [9.17, 15) is 0 Å². The van der Waals surface area contributed by atoms with Crippen LogP contribution in [-0.4, -0.2) is 40.8 Å². The molecule has 12 nitrogen and oxygen atoms in total. The van der Waals surface area contributed by atoms with Gasteiger partial charge in [0.05, 0.1) is 0 Å². The molecule has 0 aliphatic heterocycles. The summed E-state index contributed by atoms with van der Waals surface area (Å²) in [5, 5.41) is 28.3. The molecule has 0 radical (unpaired) electrons. The molecule has 0 aliphatic carbocycles. The zero-order chi connectivity index (χ0) is 16.5. The van der Waals surface area contributed by atoms with Crippen LogP contribution in [-0.2, 0) is 43.3 Å². The molecule has 0 spiro atoms. The third-order valence-corrected chi connectivity index (χ3v) is 2.85. The molecule has 136 valence electrons. The van der Waals surface area contributed by atoms with E-state index in [0.717, 1.165) is 11.4 Å². The molecule has 13 heteroatoms. The van der Waals surface area contributed by atoms with Gasteiger partial charge in [0.25, 0.3) is 0 Å². The minimum absolute atomic E-state index is 0. The van der Waals surface area contributed by atoms with Crippen LogP contribution in [0.4, 0.5) is 0 Å². The minimum atomic E-state index is 0. The van der Waals surface area contributed by atoms with Crippen LogP contribution in [0.5, 0.6) is 0 Å². The van der Waals surface area contributed by atoms with E-state index >= 15 is 0 Å². The summed E-state index contributed by atoms with van der Waals surface area (Å²) in [7, 11) is 0. The first-order valence-corrected chi connectivity index (χ1v) is 7.05. The molecule has 0 fully saturated rings. The average molecular weight is 424 g/mol. The number of rotatable bonds is 4. The molecular formula is C14H18N10O2Zn+2. The van der Waals surface area contributed by atoms with Gasteiger partial charge in [-0.3, -0.25) is 41.0 Å². The third-order valence-electron chi connectivity index (χ3n) is 2.85. The standard InChI is InChI=1S/2C7H6N5.2H2O.Zn/c2*1-2-4-8-6(3-1)5-7-9-11-12-10-7;;;/h2*1-4H,5H2;2*1H2;/q2*-1;;;+2/p+2. The van der Waals surface area contributed by atoms with Crippen LogP contribution in [0.2, 0.25) is 0 Å². The van der Waals surface area contributed by atoms with Gasteiger partial charge in [-0.15, -0.1) is 0 Å². The fourth-order valence-corrected chi connectivity index (χ4v) is 1.80. The Morgan fingerprint density at radius 2 is 1.11 bits per heavy atom. The smallest absolute Gasteiger partial charge is 0.457 e. The molecule has 0 bridgehead atoms. The number of tetrazole rings is 2. The van der Waals surface area contributed by atoms with E-state index in [1.165, 1.54) is 0 Å². The normalized spacial score (nSPS) is 8.89. The predicted molar refractivity (Wildman–Crippen MR) is 90.1 cm³/mol. The largest absolute Gasteiger partial charge is 2.00 e. The van der Waals surface area contributed by atoms with Crippen LogP contribution in [0.15, 0.2) is 48.8 Å². The molecule has 4 rings (SSSR count). The van der Waals surface area contributed by atoms with E-state index in [1.54, 1.807) is 12.4 Å². The van der Waals surface area contributed by atoms with Crippen LogP contribution < -0.4 is 10.4 Å². The summed E-state index contributed by atoms with van der Waals surface area (Å²) in [4.78, 5) is 8.24. The fraction of sp³-hybridized carbons (Fsp3) is 0.143. The number of aromatic nitrogens is 10. The summed E-state index contributed by atoms with van der Waals surface area (Å²) in [6.45, 7) is 0. The van der Waals surface area contributed by atoms with E-state index < -0.39 is 0 Å². The van der Waals surface area contributed by atoms with Crippen molar-refractivity contribution in [3.8, 4) is 0 Å². The van der Waals surface area contributed by atoms with Gasteiger partial charge >= 0.3 is 19.5 Å². The summed E-state index contributed by atoms with van der Waals surface area (Å²) < 4.78 is 0. The van der Waals surface area contributed by atoms with Crippen LogP contribution >= 0.6 is 0 Å². The second kappa shape index (κ2) is 13.2. The Bertz CT molecular complexity index is 744. The summed E-state index contributed by atoms with van der Waals surface area (Å²) in [5.74, 6) is 1.21. The molecular weight excluding hydrogens is 406 g/mol. The molecule has 0 atom stereocenters. The first kappa shape index (κ1) is 24.0. The molecule has 4 aromatic rings. The monoisotopic (exact) mass is 422 g/mol. The molecule has 4 heterocycles. The van der Waals surface area contributed by atoms with Gasteiger partial charge in [-0.2, -0.15) is 0 Å². The van der Waals surface area contributed by atoms with E-state index in [2.05, 4.69) is 51.2 Å². The summed E-state index contributed by atoms with van der Waals surface area (Å²) >= 11 is 0. The van der Waals surface area contributed by atoms with Crippen LogP contribution in [0.25, 0.3) is 0 Å². The van der Waals surface area contributed by atoms with Crippen molar-refractivity contribution in [2.75, 3.05) is 0 Å². The first-order valence-electron chi connectivity index (χ1n) is 7.05. The number of hydrogen-bond donors (Lipinski definition) is 0. The van der Waals surface area contributed by atoms with E-state index in [1.807, 2.05) is 36.4 Å². The van der Waals surface area contributed by atoms with Crippen LogP contribution in [0.1, 0.15) is 23.0 Å². The molecule has 0 saturated heterocycles. The maximum Gasteiger partial charge on any atom is 2.00 e. The van der Waals surface area contributed by atoms with E-state index in [-0.39, 0.29) is 30.4 Å². The summed E-state index contributed by atoms with van der Waals surface area (Å²) in [5.41, 5.74) is 1.85. The van der Waals surface area contributed by atoms with Gasteiger partial charge in [-0.25, -0.2) is 0 Å². The third kappa shape index (κ3) is 8.27. The molecule has 0 amide bonds. The van der Waals surface area contributed by atoms with Crippen molar-refractivity contribution >= 4 is 0 Å². The minimum Gasteiger partial charge on any atom is -0.457 e. The van der Waals surface area contributed by atoms with Gasteiger partial charge < -0.3 is 21.1 Å². The first-order chi connectivity index (χ1) is 11.9. The van der Waals surface area contributed by atoms with Crippen molar-refractivity contribution in [2.24, 2.45) is 0 Å². The van der Waals surface area contributed by atoms with Crippen molar-refractivity contribution in [1.29, 1.82) is 0 Å². The average Bonchev–Trinajstić information content (AvgIpc) is 3.32. The Morgan fingerprint density at radius 3 is 1.41 bits per heavy atom. The van der Waals surface area contributed by atoms with Gasteiger partial charge in [-0.05, 0) is 24.3 Å². The fourth-order valence-electron chi connectivity index (χ4n) is 1.80. The van der Waals surface area contributed by atoms with Crippen molar-refractivity contribution in [3.63, 3.8) is 0 Å². The Labute approximate surface area is 166 Å². The number of hydrogen-bond acceptors (Lipinski definition) is 8. The van der Waals surface area contributed by atoms with Crippen LogP contribution in [0.3, 0.4) is 0 Å². The van der Waals surface area contributed by atoms with Crippen molar-refractivity contribution in [3.05, 3.63) is 71.8 Å². The predicted octanol–water partition coefficient (Wildman–Crippen LogP) is -2.22.